The molecule has 4 rings (SSSR count). The highest BCUT2D eigenvalue weighted by molar-refractivity contribution is 7.89. The molecule has 0 saturated carbocycles. The number of carbonyl (C=O) groups is 1. The van der Waals surface area contributed by atoms with Crippen LogP contribution in [0.25, 0.3) is 16.9 Å². The zero-order valence-corrected chi connectivity index (χ0v) is 19.9. The van der Waals surface area contributed by atoms with Crippen molar-refractivity contribution in [2.45, 2.75) is 24.3 Å². The average Bonchev–Trinajstić information content (AvgIpc) is 3.23. The Morgan fingerprint density at radius 2 is 1.68 bits per heavy atom. The number of nitrogens with one attached hydrogen (secondary N) is 1. The fraction of sp³-hybridized carbons (Fsp3) is 0.120. The van der Waals surface area contributed by atoms with Crippen molar-refractivity contribution in [2.75, 3.05) is 0 Å². The van der Waals surface area contributed by atoms with Crippen molar-refractivity contribution < 1.29 is 13.2 Å². The number of carbonyl (C=O) groups excluding carboxylic acids is 1. The molecule has 0 bridgehead atoms. The zero-order valence-electron chi connectivity index (χ0n) is 18.4. The highest BCUT2D eigenvalue weighted by atomic mass is 35.5. The molecular formula is C25H23ClN4O3S. The molecule has 174 valence electrons. The second kappa shape index (κ2) is 9.80. The number of nitrogens with zero attached hydrogens (tertiary/aromatic N) is 2. The topological polar surface area (TPSA) is 107 Å². The smallest absolute Gasteiger partial charge is 0.238 e. The number of aromatic nitrogens is 2. The van der Waals surface area contributed by atoms with E-state index in [1.807, 2.05) is 55.6 Å². The molecule has 0 spiro atoms. The molecule has 1 aromatic heterocycles. The van der Waals surface area contributed by atoms with Gasteiger partial charge in [-0.2, -0.15) is 5.10 Å². The van der Waals surface area contributed by atoms with Crippen LogP contribution in [0.4, 0.5) is 0 Å². The van der Waals surface area contributed by atoms with Gasteiger partial charge in [0.15, 0.2) is 0 Å². The summed E-state index contributed by atoms with van der Waals surface area (Å²) in [6, 6.07) is 22.8. The van der Waals surface area contributed by atoms with Crippen molar-refractivity contribution in [3.05, 3.63) is 101 Å². The SMILES string of the molecule is CC(NC(=O)Cc1cn(-c2ccccc2)nc1-c1ccc(Cl)cc1)c1ccc(S(N)(=O)=O)cc1. The van der Waals surface area contributed by atoms with Gasteiger partial charge in [-0.25, -0.2) is 18.2 Å². The Kier molecular flexibility index (Phi) is 6.83. The van der Waals surface area contributed by atoms with Crippen LogP contribution in [0.5, 0.6) is 0 Å². The fourth-order valence-electron chi connectivity index (χ4n) is 3.60. The number of primary sulfonamides is 1. The molecule has 1 heterocycles. The van der Waals surface area contributed by atoms with E-state index in [1.54, 1.807) is 28.9 Å². The summed E-state index contributed by atoms with van der Waals surface area (Å²) in [7, 11) is -3.77. The summed E-state index contributed by atoms with van der Waals surface area (Å²) in [4.78, 5) is 12.9. The second-order valence-electron chi connectivity index (χ2n) is 7.87. The van der Waals surface area contributed by atoms with Gasteiger partial charge in [-0.05, 0) is 48.9 Å². The normalized spacial score (nSPS) is 12.3. The number of sulfonamides is 1. The lowest BCUT2D eigenvalue weighted by molar-refractivity contribution is -0.121. The Morgan fingerprint density at radius 1 is 1.03 bits per heavy atom. The Bertz CT molecular complexity index is 1400. The summed E-state index contributed by atoms with van der Waals surface area (Å²) in [6.07, 6.45) is 1.97. The van der Waals surface area contributed by atoms with Gasteiger partial charge in [-0.15, -0.1) is 0 Å². The highest BCUT2D eigenvalue weighted by Crippen LogP contribution is 2.26. The first-order chi connectivity index (χ1) is 16.2. The lowest BCUT2D eigenvalue weighted by Gasteiger charge is -2.15. The number of amides is 1. The van der Waals surface area contributed by atoms with E-state index in [4.69, 9.17) is 21.8 Å². The molecule has 3 aromatic carbocycles. The standard InChI is InChI=1S/C25H23ClN4O3S/c1-17(18-9-13-23(14-10-18)34(27,32)33)28-24(31)15-20-16-30(22-5-3-2-4-6-22)29-25(20)19-7-11-21(26)12-8-19/h2-14,16-17H,15H2,1H3,(H,28,31)(H2,27,32,33). The zero-order chi connectivity index (χ0) is 24.3. The van der Waals surface area contributed by atoms with E-state index < -0.39 is 10.0 Å². The van der Waals surface area contributed by atoms with Gasteiger partial charge in [0.2, 0.25) is 15.9 Å². The molecule has 34 heavy (non-hydrogen) atoms. The summed E-state index contributed by atoms with van der Waals surface area (Å²) in [5.41, 5.74) is 3.96. The molecule has 0 aliphatic rings. The third-order valence-electron chi connectivity index (χ3n) is 5.37. The van der Waals surface area contributed by atoms with Crippen molar-refractivity contribution in [2.24, 2.45) is 5.14 Å². The molecule has 9 heteroatoms. The first-order valence-corrected chi connectivity index (χ1v) is 12.4. The van der Waals surface area contributed by atoms with Gasteiger partial charge in [0.1, 0.15) is 0 Å². The van der Waals surface area contributed by atoms with Crippen LogP contribution >= 0.6 is 11.6 Å². The molecule has 3 N–H and O–H groups in total. The number of nitrogens with two attached hydrogens (primary N) is 1. The minimum atomic E-state index is -3.77. The third kappa shape index (κ3) is 5.53. The minimum absolute atomic E-state index is 0.0238. The van der Waals surface area contributed by atoms with Crippen LogP contribution < -0.4 is 10.5 Å². The van der Waals surface area contributed by atoms with Crippen LogP contribution in [0.1, 0.15) is 24.1 Å². The summed E-state index contributed by atoms with van der Waals surface area (Å²) in [5.74, 6) is -0.189. The molecule has 0 radical (unpaired) electrons. The van der Waals surface area contributed by atoms with Crippen molar-refractivity contribution in [1.82, 2.24) is 15.1 Å². The van der Waals surface area contributed by atoms with Crippen molar-refractivity contribution in [1.29, 1.82) is 0 Å². The number of hydrogen-bond acceptors (Lipinski definition) is 4. The van der Waals surface area contributed by atoms with E-state index in [1.165, 1.54) is 12.1 Å². The summed E-state index contributed by atoms with van der Waals surface area (Å²) >= 11 is 6.04. The predicted molar refractivity (Wildman–Crippen MR) is 132 cm³/mol. The fourth-order valence-corrected chi connectivity index (χ4v) is 4.24. The van der Waals surface area contributed by atoms with Crippen LogP contribution in [0, 0.1) is 0 Å². The Labute approximate surface area is 203 Å². The first-order valence-electron chi connectivity index (χ1n) is 10.5. The van der Waals surface area contributed by atoms with Crippen molar-refractivity contribution in [3.63, 3.8) is 0 Å². The Morgan fingerprint density at radius 3 is 2.29 bits per heavy atom. The minimum Gasteiger partial charge on any atom is -0.349 e. The Balaban J connectivity index is 1.56. The molecule has 1 unspecified atom stereocenters. The van der Waals surface area contributed by atoms with Crippen LogP contribution in [-0.2, 0) is 21.2 Å². The maximum atomic E-state index is 12.9. The lowest BCUT2D eigenvalue weighted by atomic mass is 10.0. The summed E-state index contributed by atoms with van der Waals surface area (Å²) < 4.78 is 24.7. The largest absolute Gasteiger partial charge is 0.349 e. The number of hydrogen-bond donors (Lipinski definition) is 2. The van der Waals surface area contributed by atoms with E-state index in [0.717, 1.165) is 22.4 Å². The number of benzene rings is 3. The highest BCUT2D eigenvalue weighted by Gasteiger charge is 2.18. The molecule has 0 saturated heterocycles. The van der Waals surface area contributed by atoms with Crippen LogP contribution in [-0.4, -0.2) is 24.1 Å². The first kappa shape index (κ1) is 23.7. The molecule has 4 aromatic rings. The van der Waals surface area contributed by atoms with Gasteiger partial charge in [0.05, 0.1) is 28.7 Å². The third-order valence-corrected chi connectivity index (χ3v) is 6.55. The molecule has 1 atom stereocenters. The number of rotatable bonds is 7. The molecule has 0 fully saturated rings. The van der Waals surface area contributed by atoms with Crippen LogP contribution in [0.3, 0.4) is 0 Å². The molecule has 1 amide bonds. The van der Waals surface area contributed by atoms with E-state index in [9.17, 15) is 13.2 Å². The van der Waals surface area contributed by atoms with Crippen molar-refractivity contribution >= 4 is 27.5 Å². The van der Waals surface area contributed by atoms with Gasteiger partial charge < -0.3 is 5.32 Å². The van der Waals surface area contributed by atoms with Gasteiger partial charge in [0.25, 0.3) is 0 Å². The van der Waals surface area contributed by atoms with Crippen LogP contribution in [0.2, 0.25) is 5.02 Å². The van der Waals surface area contributed by atoms with Gasteiger partial charge in [-0.1, -0.05) is 54.1 Å². The summed E-state index contributed by atoms with van der Waals surface area (Å²) in [6.45, 7) is 1.83. The van der Waals surface area contributed by atoms with Gasteiger partial charge in [-0.3, -0.25) is 4.79 Å². The lowest BCUT2D eigenvalue weighted by Crippen LogP contribution is -2.28. The van der Waals surface area contributed by atoms with E-state index >= 15 is 0 Å². The monoisotopic (exact) mass is 494 g/mol. The van der Waals surface area contributed by atoms with Gasteiger partial charge >= 0.3 is 0 Å². The molecular weight excluding hydrogens is 472 g/mol. The van der Waals surface area contributed by atoms with E-state index in [-0.39, 0.29) is 23.3 Å². The quantitative estimate of drug-likeness (QED) is 0.400. The number of halogens is 1. The Hall–Kier alpha value is -3.46. The van der Waals surface area contributed by atoms with E-state index in [0.29, 0.717) is 10.7 Å². The average molecular weight is 495 g/mol. The molecule has 0 aliphatic heterocycles. The van der Waals surface area contributed by atoms with Crippen molar-refractivity contribution in [3.8, 4) is 16.9 Å². The molecule has 0 aliphatic carbocycles. The van der Waals surface area contributed by atoms with Crippen LogP contribution in [0.15, 0.2) is 90.0 Å². The maximum absolute atomic E-state index is 12.9. The van der Waals surface area contributed by atoms with E-state index in [2.05, 4.69) is 5.32 Å². The summed E-state index contributed by atoms with van der Waals surface area (Å²) in [5, 5.41) is 13.5. The maximum Gasteiger partial charge on any atom is 0.238 e. The second-order valence-corrected chi connectivity index (χ2v) is 9.87. The predicted octanol–water partition coefficient (Wildman–Crippen LogP) is 4.26. The molecule has 7 nitrogen and oxygen atoms in total. The number of para-hydroxylation sites is 1. The van der Waals surface area contributed by atoms with Gasteiger partial charge in [0, 0.05) is 22.3 Å².